The van der Waals surface area contributed by atoms with Crippen LogP contribution in [0.4, 0.5) is 18.0 Å². The van der Waals surface area contributed by atoms with Gasteiger partial charge in [0.2, 0.25) is 15.7 Å². The maximum Gasteiger partial charge on any atom is 0.437 e. The van der Waals surface area contributed by atoms with Gasteiger partial charge in [-0.05, 0) is 17.7 Å². The molecule has 2 aromatic carbocycles. The van der Waals surface area contributed by atoms with E-state index in [0.717, 1.165) is 28.6 Å². The second-order valence-electron chi connectivity index (χ2n) is 7.40. The first-order chi connectivity index (χ1) is 14.8. The summed E-state index contributed by atoms with van der Waals surface area (Å²) in [4.78, 5) is 25.0. The molecule has 0 aromatic heterocycles. The molecule has 0 aliphatic carbocycles. The van der Waals surface area contributed by atoms with E-state index in [1.165, 1.54) is 43.7 Å². The van der Waals surface area contributed by atoms with E-state index in [0.29, 0.717) is 0 Å². The van der Waals surface area contributed by atoms with E-state index >= 15 is 0 Å². The second-order valence-corrected chi connectivity index (χ2v) is 9.56. The lowest BCUT2D eigenvalue weighted by atomic mass is 9.77. The molecule has 3 rings (SSSR count). The van der Waals surface area contributed by atoms with E-state index in [1.807, 2.05) is 0 Å². The number of Topliss-reactive ketones (excluding diaryl/α,β-unsaturated/α-hetero) is 1. The van der Waals surface area contributed by atoms with E-state index in [1.54, 1.807) is 6.07 Å². The number of nitrogens with zero attached hydrogens (tertiary/aromatic N) is 1. The number of hydrogen-bond donors (Lipinski definition) is 3. The van der Waals surface area contributed by atoms with Crippen molar-refractivity contribution in [2.24, 2.45) is 5.92 Å². The topological polar surface area (TPSA) is 116 Å². The lowest BCUT2D eigenvalue weighted by Gasteiger charge is -2.45. The molecule has 3 N–H and O–H groups in total. The third-order valence-electron chi connectivity index (χ3n) is 5.16. The minimum absolute atomic E-state index is 0.167. The Morgan fingerprint density at radius 1 is 1.06 bits per heavy atom. The number of ketones is 1. The molecule has 0 saturated carbocycles. The van der Waals surface area contributed by atoms with Crippen molar-refractivity contribution in [1.29, 1.82) is 0 Å². The molecule has 1 fully saturated rings. The van der Waals surface area contributed by atoms with Crippen LogP contribution in [0.25, 0.3) is 0 Å². The van der Waals surface area contributed by atoms with Gasteiger partial charge in [-0.3, -0.25) is 4.79 Å². The number of carbonyl (C=O) groups is 2. The Bertz CT molecular complexity index is 1120. The first kappa shape index (κ1) is 23.7. The van der Waals surface area contributed by atoms with Crippen molar-refractivity contribution in [3.63, 3.8) is 0 Å². The Morgan fingerprint density at radius 3 is 2.12 bits per heavy atom. The van der Waals surface area contributed by atoms with Gasteiger partial charge in [0.15, 0.2) is 5.78 Å². The molecule has 12 heteroatoms. The standard InChI is InChI=1S/C20H20F3N3O5S/c1-26(2)32(30,31)14-10-8-13(9-11-14)17(27)15-16(12-6-4-3-5-7-12)24-18(28)25-19(15,29)20(21,22)23/h3-11,15-16,29H,1-2H3,(H2,24,25,28). The van der Waals surface area contributed by atoms with Crippen LogP contribution in [0.2, 0.25) is 0 Å². The van der Waals surface area contributed by atoms with Crippen LogP contribution < -0.4 is 10.6 Å². The fraction of sp³-hybridized carbons (Fsp3) is 0.300. The molecule has 172 valence electrons. The zero-order valence-electron chi connectivity index (χ0n) is 16.9. The fourth-order valence-corrected chi connectivity index (χ4v) is 4.36. The van der Waals surface area contributed by atoms with Crippen LogP contribution in [0, 0.1) is 5.92 Å². The number of carbonyl (C=O) groups excluding carboxylic acids is 2. The number of urea groups is 1. The van der Waals surface area contributed by atoms with Crippen LogP contribution in [0.3, 0.4) is 0 Å². The summed E-state index contributed by atoms with van der Waals surface area (Å²) in [7, 11) is -1.22. The molecule has 32 heavy (non-hydrogen) atoms. The largest absolute Gasteiger partial charge is 0.437 e. The quantitative estimate of drug-likeness (QED) is 0.578. The summed E-state index contributed by atoms with van der Waals surface area (Å²) in [6.45, 7) is 0. The lowest BCUT2D eigenvalue weighted by Crippen LogP contribution is -2.72. The number of alkyl halides is 3. The number of benzene rings is 2. The summed E-state index contributed by atoms with van der Waals surface area (Å²) in [6.07, 6.45) is -5.38. The molecule has 0 bridgehead atoms. The van der Waals surface area contributed by atoms with Crippen molar-refractivity contribution >= 4 is 21.8 Å². The third kappa shape index (κ3) is 4.08. The van der Waals surface area contributed by atoms with Gasteiger partial charge in [0.1, 0.15) is 5.92 Å². The maximum absolute atomic E-state index is 13.9. The Hall–Kier alpha value is -2.96. The van der Waals surface area contributed by atoms with Crippen LogP contribution in [0.1, 0.15) is 22.0 Å². The average molecular weight is 471 g/mol. The zero-order valence-corrected chi connectivity index (χ0v) is 17.7. The number of halogens is 3. The molecular formula is C20H20F3N3O5S. The molecule has 2 aromatic rings. The van der Waals surface area contributed by atoms with Crippen molar-refractivity contribution in [3.05, 3.63) is 65.7 Å². The summed E-state index contributed by atoms with van der Waals surface area (Å²) >= 11 is 0. The van der Waals surface area contributed by atoms with Gasteiger partial charge in [0, 0.05) is 19.7 Å². The van der Waals surface area contributed by atoms with E-state index in [9.17, 15) is 36.3 Å². The zero-order chi connectivity index (χ0) is 23.9. The van der Waals surface area contributed by atoms with Crippen LogP contribution in [-0.2, 0) is 10.0 Å². The van der Waals surface area contributed by atoms with Crippen LogP contribution in [0.5, 0.6) is 0 Å². The molecular weight excluding hydrogens is 451 g/mol. The fourth-order valence-electron chi connectivity index (χ4n) is 3.46. The maximum atomic E-state index is 13.9. The van der Waals surface area contributed by atoms with Crippen LogP contribution in [0.15, 0.2) is 59.5 Å². The van der Waals surface area contributed by atoms with E-state index < -0.39 is 45.7 Å². The highest BCUT2D eigenvalue weighted by Gasteiger charge is 2.66. The minimum Gasteiger partial charge on any atom is -0.363 e. The molecule has 1 aliphatic rings. The predicted molar refractivity (Wildman–Crippen MR) is 107 cm³/mol. The number of aliphatic hydroxyl groups is 1. The first-order valence-electron chi connectivity index (χ1n) is 9.28. The van der Waals surface area contributed by atoms with Crippen LogP contribution in [-0.4, -0.2) is 55.6 Å². The van der Waals surface area contributed by atoms with Crippen molar-refractivity contribution < 1.29 is 36.3 Å². The second kappa shape index (κ2) is 8.19. The number of amides is 2. The monoisotopic (exact) mass is 471 g/mol. The molecule has 3 atom stereocenters. The Kier molecular flexibility index (Phi) is 6.06. The predicted octanol–water partition coefficient (Wildman–Crippen LogP) is 2.04. The van der Waals surface area contributed by atoms with Gasteiger partial charge < -0.3 is 15.7 Å². The molecule has 8 nitrogen and oxygen atoms in total. The molecule has 1 saturated heterocycles. The third-order valence-corrected chi connectivity index (χ3v) is 6.99. The van der Waals surface area contributed by atoms with E-state index in [-0.39, 0.29) is 16.0 Å². The van der Waals surface area contributed by atoms with E-state index in [4.69, 9.17) is 0 Å². The van der Waals surface area contributed by atoms with Gasteiger partial charge in [0.25, 0.3) is 0 Å². The Morgan fingerprint density at radius 2 is 1.62 bits per heavy atom. The number of rotatable bonds is 5. The van der Waals surface area contributed by atoms with Gasteiger partial charge in [-0.2, -0.15) is 13.2 Å². The van der Waals surface area contributed by atoms with Gasteiger partial charge in [-0.25, -0.2) is 17.5 Å². The van der Waals surface area contributed by atoms with Gasteiger partial charge in [-0.15, -0.1) is 0 Å². The molecule has 3 unspecified atom stereocenters. The highest BCUT2D eigenvalue weighted by Crippen LogP contribution is 2.43. The van der Waals surface area contributed by atoms with Gasteiger partial charge >= 0.3 is 12.2 Å². The molecule has 2 amide bonds. The normalized spacial score (nSPS) is 24.0. The SMILES string of the molecule is CN(C)S(=O)(=O)c1ccc(C(=O)C2C(c3ccccc3)NC(=O)NC2(O)C(F)(F)F)cc1. The summed E-state index contributed by atoms with van der Waals surface area (Å²) < 4.78 is 67.1. The lowest BCUT2D eigenvalue weighted by molar-refractivity contribution is -0.287. The summed E-state index contributed by atoms with van der Waals surface area (Å²) in [5.41, 5.74) is -3.95. The van der Waals surface area contributed by atoms with Crippen LogP contribution >= 0.6 is 0 Å². The minimum atomic E-state index is -5.38. The van der Waals surface area contributed by atoms with Crippen molar-refractivity contribution in [1.82, 2.24) is 14.9 Å². The number of sulfonamides is 1. The molecule has 1 aliphatic heterocycles. The van der Waals surface area contributed by atoms with Crippen molar-refractivity contribution in [2.45, 2.75) is 22.8 Å². The number of nitrogens with one attached hydrogen (secondary N) is 2. The Labute approximate surface area is 182 Å². The smallest absolute Gasteiger partial charge is 0.363 e. The molecule has 0 spiro atoms. The summed E-state index contributed by atoms with van der Waals surface area (Å²) in [5.74, 6) is -3.33. The average Bonchev–Trinajstić information content (AvgIpc) is 2.72. The highest BCUT2D eigenvalue weighted by atomic mass is 32.2. The van der Waals surface area contributed by atoms with Crippen molar-refractivity contribution in [3.8, 4) is 0 Å². The van der Waals surface area contributed by atoms with E-state index in [2.05, 4.69) is 5.32 Å². The van der Waals surface area contributed by atoms with Gasteiger partial charge in [-0.1, -0.05) is 42.5 Å². The summed E-state index contributed by atoms with van der Waals surface area (Å²) in [6, 6.07) is 8.95. The summed E-state index contributed by atoms with van der Waals surface area (Å²) in [5, 5.41) is 14.3. The van der Waals surface area contributed by atoms with Crippen molar-refractivity contribution in [2.75, 3.05) is 14.1 Å². The van der Waals surface area contributed by atoms with Gasteiger partial charge in [0.05, 0.1) is 10.9 Å². The highest BCUT2D eigenvalue weighted by molar-refractivity contribution is 7.89. The first-order valence-corrected chi connectivity index (χ1v) is 10.7. The molecule has 1 heterocycles. The Balaban J connectivity index is 2.10. The number of hydrogen-bond acceptors (Lipinski definition) is 5. The molecule has 0 radical (unpaired) electrons.